The Labute approximate surface area is 109 Å². The first-order chi connectivity index (χ1) is 8.98. The molecule has 1 fully saturated rings. The Morgan fingerprint density at radius 1 is 1.42 bits per heavy atom. The van der Waals surface area contributed by atoms with Gasteiger partial charge in [0.2, 0.25) is 5.91 Å². The summed E-state index contributed by atoms with van der Waals surface area (Å²) in [5, 5.41) is 5.36. The first kappa shape index (κ1) is 13.9. The molecular formula is C13H15F3N2O. The van der Waals surface area contributed by atoms with Crippen molar-refractivity contribution >= 4 is 11.6 Å². The molecule has 0 saturated carbocycles. The van der Waals surface area contributed by atoms with Crippen LogP contribution in [0, 0.1) is 22.9 Å². The lowest BCUT2D eigenvalue weighted by molar-refractivity contribution is -0.124. The van der Waals surface area contributed by atoms with Crippen LogP contribution in [-0.2, 0) is 4.79 Å². The lowest BCUT2D eigenvalue weighted by Gasteiger charge is -2.25. The van der Waals surface area contributed by atoms with Crippen LogP contribution in [0.2, 0.25) is 0 Å². The van der Waals surface area contributed by atoms with Crippen molar-refractivity contribution in [3.05, 3.63) is 29.6 Å². The molecule has 0 bridgehead atoms. The van der Waals surface area contributed by atoms with Crippen molar-refractivity contribution in [1.82, 2.24) is 5.32 Å². The zero-order valence-corrected chi connectivity index (χ0v) is 10.5. The Balaban J connectivity index is 2.24. The zero-order chi connectivity index (χ0) is 14.0. The molecule has 3 nitrogen and oxygen atoms in total. The molecule has 1 unspecified atom stereocenters. The van der Waals surface area contributed by atoms with Crippen molar-refractivity contribution in [3.63, 3.8) is 0 Å². The summed E-state index contributed by atoms with van der Waals surface area (Å²) in [7, 11) is 0. The second-order valence-electron chi connectivity index (χ2n) is 4.76. The average Bonchev–Trinajstić information content (AvgIpc) is 2.85. The maximum absolute atomic E-state index is 13.5. The van der Waals surface area contributed by atoms with Crippen molar-refractivity contribution in [2.45, 2.75) is 19.8 Å². The summed E-state index contributed by atoms with van der Waals surface area (Å²) >= 11 is 0. The number of nitrogens with one attached hydrogen (secondary N) is 2. The predicted molar refractivity (Wildman–Crippen MR) is 65.2 cm³/mol. The van der Waals surface area contributed by atoms with Gasteiger partial charge in [0.25, 0.3) is 0 Å². The Morgan fingerprint density at radius 3 is 2.74 bits per heavy atom. The molecule has 1 heterocycles. The van der Waals surface area contributed by atoms with Crippen LogP contribution < -0.4 is 10.6 Å². The monoisotopic (exact) mass is 272 g/mol. The number of hydrogen-bond acceptors (Lipinski definition) is 2. The number of benzene rings is 1. The van der Waals surface area contributed by atoms with E-state index >= 15 is 0 Å². The molecule has 1 aliphatic rings. The standard InChI is InChI=1S/C13H15F3N2O/c1-2-13(3-4-17-7-13)12(19)18-10-6-8(14)5-9(15)11(10)16/h5-6,17H,2-4,7H2,1H3,(H,18,19). The topological polar surface area (TPSA) is 41.1 Å². The molecule has 1 amide bonds. The van der Waals surface area contributed by atoms with Crippen LogP contribution >= 0.6 is 0 Å². The van der Waals surface area contributed by atoms with E-state index < -0.39 is 34.5 Å². The van der Waals surface area contributed by atoms with Crippen molar-refractivity contribution in [1.29, 1.82) is 0 Å². The van der Waals surface area contributed by atoms with Crippen LogP contribution in [0.15, 0.2) is 12.1 Å². The normalized spacial score (nSPS) is 22.5. The highest BCUT2D eigenvalue weighted by Gasteiger charge is 2.39. The highest BCUT2D eigenvalue weighted by atomic mass is 19.2. The Hall–Kier alpha value is -1.56. The van der Waals surface area contributed by atoms with E-state index in [2.05, 4.69) is 10.6 Å². The molecule has 1 aromatic rings. The summed E-state index contributed by atoms with van der Waals surface area (Å²) in [6.45, 7) is 3.03. The van der Waals surface area contributed by atoms with Gasteiger partial charge < -0.3 is 10.6 Å². The summed E-state index contributed by atoms with van der Waals surface area (Å²) in [6.07, 6.45) is 1.19. The largest absolute Gasteiger partial charge is 0.323 e. The van der Waals surface area contributed by atoms with Crippen LogP contribution in [0.4, 0.5) is 18.9 Å². The number of carbonyl (C=O) groups is 1. The van der Waals surface area contributed by atoms with Gasteiger partial charge in [-0.25, -0.2) is 13.2 Å². The molecule has 1 aliphatic heterocycles. The highest BCUT2D eigenvalue weighted by molar-refractivity contribution is 5.95. The van der Waals surface area contributed by atoms with Gasteiger partial charge in [0.15, 0.2) is 11.6 Å². The maximum atomic E-state index is 13.5. The Morgan fingerprint density at radius 2 is 2.16 bits per heavy atom. The van der Waals surface area contributed by atoms with Crippen LogP contribution in [0.3, 0.4) is 0 Å². The van der Waals surface area contributed by atoms with Crippen molar-refractivity contribution in [2.24, 2.45) is 5.41 Å². The Kier molecular flexibility index (Phi) is 3.80. The third kappa shape index (κ3) is 2.58. The highest BCUT2D eigenvalue weighted by Crippen LogP contribution is 2.31. The smallest absolute Gasteiger partial charge is 0.231 e. The fourth-order valence-electron chi connectivity index (χ4n) is 2.30. The fraction of sp³-hybridized carbons (Fsp3) is 0.462. The molecule has 6 heteroatoms. The number of hydrogen-bond donors (Lipinski definition) is 2. The van der Waals surface area contributed by atoms with E-state index in [0.717, 1.165) is 6.07 Å². The molecule has 1 saturated heterocycles. The minimum Gasteiger partial charge on any atom is -0.323 e. The van der Waals surface area contributed by atoms with Crippen molar-refractivity contribution in [2.75, 3.05) is 18.4 Å². The number of rotatable bonds is 3. The molecule has 0 aliphatic carbocycles. The second-order valence-corrected chi connectivity index (χ2v) is 4.76. The molecule has 2 N–H and O–H groups in total. The summed E-state index contributed by atoms with van der Waals surface area (Å²) in [5.41, 5.74) is -1.10. The molecule has 0 spiro atoms. The van der Waals surface area contributed by atoms with E-state index in [4.69, 9.17) is 0 Å². The predicted octanol–water partition coefficient (Wildman–Crippen LogP) is 2.43. The third-order valence-electron chi connectivity index (χ3n) is 3.64. The van der Waals surface area contributed by atoms with Crippen LogP contribution in [0.1, 0.15) is 19.8 Å². The maximum Gasteiger partial charge on any atom is 0.231 e. The number of halogens is 3. The minimum atomic E-state index is -1.31. The van der Waals surface area contributed by atoms with Gasteiger partial charge in [-0.15, -0.1) is 0 Å². The van der Waals surface area contributed by atoms with Gasteiger partial charge in [-0.1, -0.05) is 6.92 Å². The molecule has 1 aromatic carbocycles. The molecule has 0 radical (unpaired) electrons. The molecule has 19 heavy (non-hydrogen) atoms. The Bertz CT molecular complexity index is 499. The third-order valence-corrected chi connectivity index (χ3v) is 3.64. The van der Waals surface area contributed by atoms with Gasteiger partial charge in [-0.05, 0) is 19.4 Å². The lowest BCUT2D eigenvalue weighted by atomic mass is 9.83. The van der Waals surface area contributed by atoms with Crippen LogP contribution in [0.5, 0.6) is 0 Å². The van der Waals surface area contributed by atoms with Gasteiger partial charge >= 0.3 is 0 Å². The van der Waals surface area contributed by atoms with Gasteiger partial charge in [0.05, 0.1) is 11.1 Å². The molecule has 104 valence electrons. The van der Waals surface area contributed by atoms with Gasteiger partial charge in [-0.2, -0.15) is 0 Å². The van der Waals surface area contributed by atoms with E-state index in [9.17, 15) is 18.0 Å². The van der Waals surface area contributed by atoms with Gasteiger partial charge in [-0.3, -0.25) is 4.79 Å². The molecule has 1 atom stereocenters. The minimum absolute atomic E-state index is 0.413. The SMILES string of the molecule is CCC1(C(=O)Nc2cc(F)cc(F)c2F)CCNC1. The molecule has 0 aromatic heterocycles. The van der Waals surface area contributed by atoms with E-state index in [0.29, 0.717) is 32.0 Å². The number of anilines is 1. The van der Waals surface area contributed by atoms with E-state index in [1.165, 1.54) is 0 Å². The van der Waals surface area contributed by atoms with E-state index in [1.54, 1.807) is 0 Å². The molecular weight excluding hydrogens is 257 g/mol. The van der Waals surface area contributed by atoms with Gasteiger partial charge in [0.1, 0.15) is 5.82 Å². The van der Waals surface area contributed by atoms with Crippen molar-refractivity contribution in [3.8, 4) is 0 Å². The van der Waals surface area contributed by atoms with Gasteiger partial charge in [0, 0.05) is 18.7 Å². The van der Waals surface area contributed by atoms with Crippen LogP contribution in [0.25, 0.3) is 0 Å². The fourth-order valence-corrected chi connectivity index (χ4v) is 2.30. The van der Waals surface area contributed by atoms with E-state index in [-0.39, 0.29) is 0 Å². The van der Waals surface area contributed by atoms with E-state index in [1.807, 2.05) is 6.92 Å². The average molecular weight is 272 g/mol. The lowest BCUT2D eigenvalue weighted by Crippen LogP contribution is -2.37. The first-order valence-electron chi connectivity index (χ1n) is 6.15. The summed E-state index contributed by atoms with van der Waals surface area (Å²) in [5.74, 6) is -3.90. The summed E-state index contributed by atoms with van der Waals surface area (Å²) in [6, 6.07) is 1.22. The van der Waals surface area contributed by atoms with Crippen LogP contribution in [-0.4, -0.2) is 19.0 Å². The number of amides is 1. The first-order valence-corrected chi connectivity index (χ1v) is 6.15. The van der Waals surface area contributed by atoms with Crippen molar-refractivity contribution < 1.29 is 18.0 Å². The zero-order valence-electron chi connectivity index (χ0n) is 10.5. The summed E-state index contributed by atoms with van der Waals surface area (Å²) in [4.78, 5) is 12.2. The number of carbonyl (C=O) groups excluding carboxylic acids is 1. The quantitative estimate of drug-likeness (QED) is 0.830. The molecule has 2 rings (SSSR count). The second kappa shape index (κ2) is 5.21. The summed E-state index contributed by atoms with van der Waals surface area (Å²) < 4.78 is 39.6.